The molecule has 8 heteroatoms. The van der Waals surface area contributed by atoms with Crippen LogP contribution < -0.4 is 4.74 Å². The summed E-state index contributed by atoms with van der Waals surface area (Å²) in [6.07, 6.45) is 8.82. The number of aromatic hydroxyl groups is 1. The molecule has 5 aliphatic rings. The van der Waals surface area contributed by atoms with E-state index in [1.54, 1.807) is 17.0 Å². The molecule has 0 radical (unpaired) electrons. The van der Waals surface area contributed by atoms with Gasteiger partial charge in [-0.3, -0.25) is 24.1 Å². The number of hydrogen-bond donors (Lipinski definition) is 1. The molecule has 0 aromatic heterocycles. The van der Waals surface area contributed by atoms with Gasteiger partial charge in [-0.15, -0.1) is 0 Å². The number of hydrogen-bond acceptors (Lipinski definition) is 6. The van der Waals surface area contributed by atoms with Crippen molar-refractivity contribution in [2.45, 2.75) is 62.3 Å². The van der Waals surface area contributed by atoms with E-state index in [-0.39, 0.29) is 47.3 Å². The largest absolute Gasteiger partial charge is 0.504 e. The molecule has 8 rings (SSSR count). The first kappa shape index (κ1) is 31.9. The molecule has 3 aromatic rings. The number of likely N-dealkylation sites (tertiary alicyclic amines) is 1. The van der Waals surface area contributed by atoms with Crippen LogP contribution in [0.5, 0.6) is 11.5 Å². The van der Waals surface area contributed by atoms with Gasteiger partial charge in [-0.05, 0) is 60.9 Å². The Morgan fingerprint density at radius 2 is 1.57 bits per heavy atom. The van der Waals surface area contributed by atoms with Crippen molar-refractivity contribution in [2.24, 2.45) is 23.7 Å². The van der Waals surface area contributed by atoms with Crippen molar-refractivity contribution < 1.29 is 29.0 Å². The average molecular weight is 721 g/mol. The summed E-state index contributed by atoms with van der Waals surface area (Å²) < 4.78 is 6.24. The highest BCUT2D eigenvalue weighted by Gasteiger charge is 2.66. The van der Waals surface area contributed by atoms with Gasteiger partial charge < -0.3 is 9.84 Å². The van der Waals surface area contributed by atoms with Crippen molar-refractivity contribution in [3.05, 3.63) is 112 Å². The van der Waals surface area contributed by atoms with Gasteiger partial charge in [0.05, 0.1) is 24.4 Å². The molecule has 49 heavy (non-hydrogen) atoms. The summed E-state index contributed by atoms with van der Waals surface area (Å²) in [4.78, 5) is 60.4. The fourth-order valence-corrected chi connectivity index (χ4v) is 10.4. The molecule has 0 spiro atoms. The number of Topliss-reactive ketones (excluding diaryl/α,β-unsaturated/α-hetero) is 1. The van der Waals surface area contributed by atoms with E-state index < -0.39 is 35.0 Å². The van der Waals surface area contributed by atoms with Crippen LogP contribution in [0.15, 0.2) is 95.0 Å². The second-order valence-electron chi connectivity index (χ2n) is 14.2. The third kappa shape index (κ3) is 4.73. The van der Waals surface area contributed by atoms with Crippen LogP contribution in [0.2, 0.25) is 0 Å². The van der Waals surface area contributed by atoms with Crippen molar-refractivity contribution in [2.75, 3.05) is 7.11 Å². The highest BCUT2D eigenvalue weighted by Crippen LogP contribution is 2.65. The van der Waals surface area contributed by atoms with Gasteiger partial charge in [-0.25, -0.2) is 0 Å². The van der Waals surface area contributed by atoms with Crippen molar-refractivity contribution in [1.82, 2.24) is 4.90 Å². The van der Waals surface area contributed by atoms with Crippen LogP contribution in [0, 0.1) is 23.7 Å². The number of phenolic OH excluding ortho intramolecular Hbond substituents is 1. The number of phenols is 1. The number of rotatable bonds is 5. The molecule has 2 saturated carbocycles. The van der Waals surface area contributed by atoms with Crippen molar-refractivity contribution in [3.8, 4) is 11.5 Å². The third-order valence-electron chi connectivity index (χ3n) is 11.9. The van der Waals surface area contributed by atoms with E-state index in [4.69, 9.17) is 4.74 Å². The average Bonchev–Trinajstić information content (AvgIpc) is 3.39. The van der Waals surface area contributed by atoms with E-state index in [1.807, 2.05) is 66.7 Å². The van der Waals surface area contributed by atoms with Crippen LogP contribution in [0.4, 0.5) is 0 Å². The Balaban J connectivity index is 1.38. The number of ether oxygens (including phenoxy) is 1. The maximum Gasteiger partial charge on any atom is 0.233 e. The molecule has 1 heterocycles. The van der Waals surface area contributed by atoms with E-state index in [0.717, 1.165) is 37.7 Å². The van der Waals surface area contributed by atoms with Crippen LogP contribution >= 0.6 is 15.9 Å². The minimum absolute atomic E-state index is 0.102. The summed E-state index contributed by atoms with van der Waals surface area (Å²) in [5.41, 5.74) is 1.50. The zero-order valence-electron chi connectivity index (χ0n) is 27.3. The molecule has 4 aliphatic carbocycles. The third-order valence-corrected chi connectivity index (χ3v) is 12.4. The standard InChI is InChI=1S/C41H38BrNO6/c1-49-33-20-25(42)19-31(38(33)46)36-27-17-18-28-35(40(48)43(39(28)47)26-15-9-4-10-16-26)30(27)21-32-37(45)29(23-11-5-2-6-12-23)22-34(44)41(32,36)24-13-7-3-8-14-24/h2-3,5-8,11-14,17,19-20,22,26,28,30,32,35-36,46H,4,9-10,15-16,18,21H2,1H3. The summed E-state index contributed by atoms with van der Waals surface area (Å²) in [6, 6.07) is 22.0. The van der Waals surface area contributed by atoms with Gasteiger partial charge in [0.2, 0.25) is 11.8 Å². The maximum atomic E-state index is 15.2. The maximum absolute atomic E-state index is 15.2. The first-order valence-electron chi connectivity index (χ1n) is 17.3. The molecule has 7 nitrogen and oxygen atoms in total. The van der Waals surface area contributed by atoms with Crippen LogP contribution in [0.1, 0.15) is 67.6 Å². The lowest BCUT2D eigenvalue weighted by atomic mass is 9.44. The topological polar surface area (TPSA) is 101 Å². The summed E-state index contributed by atoms with van der Waals surface area (Å²) in [6.45, 7) is 0. The number of imide groups is 1. The van der Waals surface area contributed by atoms with Gasteiger partial charge in [-0.2, -0.15) is 0 Å². The van der Waals surface area contributed by atoms with Crippen LogP contribution in [0.3, 0.4) is 0 Å². The molecule has 0 bridgehead atoms. The van der Waals surface area contributed by atoms with Gasteiger partial charge in [0, 0.05) is 33.5 Å². The Labute approximate surface area is 294 Å². The Bertz CT molecular complexity index is 1930. The molecule has 1 N–H and O–H groups in total. The van der Waals surface area contributed by atoms with E-state index in [9.17, 15) is 14.7 Å². The number of fused-ring (bicyclic) bond motifs is 4. The van der Waals surface area contributed by atoms with E-state index in [1.165, 1.54) is 13.2 Å². The van der Waals surface area contributed by atoms with Gasteiger partial charge in [0.15, 0.2) is 23.1 Å². The predicted octanol–water partition coefficient (Wildman–Crippen LogP) is 7.32. The summed E-state index contributed by atoms with van der Waals surface area (Å²) in [5, 5.41) is 11.9. The number of halogens is 1. The number of benzene rings is 3. The van der Waals surface area contributed by atoms with Crippen molar-refractivity contribution in [3.63, 3.8) is 0 Å². The van der Waals surface area contributed by atoms with Gasteiger partial charge in [0.1, 0.15) is 0 Å². The van der Waals surface area contributed by atoms with Crippen LogP contribution in [0.25, 0.3) is 5.57 Å². The monoisotopic (exact) mass is 719 g/mol. The Morgan fingerprint density at radius 3 is 2.27 bits per heavy atom. The van der Waals surface area contributed by atoms with Crippen LogP contribution in [-0.4, -0.2) is 46.5 Å². The second-order valence-corrected chi connectivity index (χ2v) is 15.1. The number of amides is 2. The summed E-state index contributed by atoms with van der Waals surface area (Å²) in [5.74, 6) is -3.90. The summed E-state index contributed by atoms with van der Waals surface area (Å²) in [7, 11) is 1.47. The van der Waals surface area contributed by atoms with E-state index in [0.29, 0.717) is 33.2 Å². The van der Waals surface area contributed by atoms with Crippen molar-refractivity contribution in [1.29, 1.82) is 0 Å². The van der Waals surface area contributed by atoms with Crippen LogP contribution in [-0.2, 0) is 24.6 Å². The predicted molar refractivity (Wildman–Crippen MR) is 188 cm³/mol. The fourth-order valence-electron chi connectivity index (χ4n) is 9.91. The van der Waals surface area contributed by atoms with Gasteiger partial charge in [-0.1, -0.05) is 108 Å². The second kappa shape index (κ2) is 12.2. The van der Waals surface area contributed by atoms with Gasteiger partial charge in [0.25, 0.3) is 0 Å². The van der Waals surface area contributed by atoms with Crippen molar-refractivity contribution >= 4 is 44.9 Å². The molecule has 1 aliphatic heterocycles. The molecule has 250 valence electrons. The number of carbonyl (C=O) groups is 4. The molecule has 1 saturated heterocycles. The molecule has 3 aromatic carbocycles. The van der Waals surface area contributed by atoms with E-state index >= 15 is 9.59 Å². The first-order chi connectivity index (χ1) is 23.8. The fraction of sp³-hybridized carbons (Fsp3) is 0.366. The SMILES string of the molecule is COc1cc(Br)cc(C2C3=CCC4C(=O)N(C5CCCCC5)C(=O)C4C3CC3C(=O)C(c4ccccc4)=CC(=O)C32c2ccccc2)c1O. The molecular weight excluding hydrogens is 682 g/mol. The highest BCUT2D eigenvalue weighted by molar-refractivity contribution is 9.10. The zero-order chi connectivity index (χ0) is 34.0. The molecule has 6 atom stereocenters. The molecular formula is C41H38BrNO6. The number of nitrogens with zero attached hydrogens (tertiary/aromatic N) is 1. The van der Waals surface area contributed by atoms with E-state index in [2.05, 4.69) is 15.9 Å². The minimum Gasteiger partial charge on any atom is -0.504 e. The lowest BCUT2D eigenvalue weighted by Crippen LogP contribution is -2.58. The highest BCUT2D eigenvalue weighted by atomic mass is 79.9. The molecule has 2 amide bonds. The zero-order valence-corrected chi connectivity index (χ0v) is 28.9. The Hall–Kier alpha value is -4.30. The quantitative estimate of drug-likeness (QED) is 0.219. The number of allylic oxidation sites excluding steroid dienone is 4. The first-order valence-corrected chi connectivity index (χ1v) is 18.1. The molecule has 3 fully saturated rings. The van der Waals surface area contributed by atoms with Gasteiger partial charge >= 0.3 is 0 Å². The minimum atomic E-state index is -1.43. The number of ketones is 2. The summed E-state index contributed by atoms with van der Waals surface area (Å²) >= 11 is 3.61. The smallest absolute Gasteiger partial charge is 0.233 e. The Morgan fingerprint density at radius 1 is 0.878 bits per heavy atom. The number of methoxy groups -OCH3 is 1. The lowest BCUT2D eigenvalue weighted by molar-refractivity contribution is -0.144. The normalized spacial score (nSPS) is 29.9. The number of carbonyl (C=O) groups excluding carboxylic acids is 4. The Kier molecular flexibility index (Phi) is 7.97. The molecule has 6 unspecified atom stereocenters. The lowest BCUT2D eigenvalue weighted by Gasteiger charge is -2.55.